The average molecular weight is 279 g/mol. The molecule has 0 atom stereocenters. The summed E-state index contributed by atoms with van der Waals surface area (Å²) in [5.74, 6) is 1.74. The molecule has 4 heteroatoms. The van der Waals surface area contributed by atoms with Crippen molar-refractivity contribution in [3.05, 3.63) is 77.8 Å². The van der Waals surface area contributed by atoms with Gasteiger partial charge in [0.1, 0.15) is 5.76 Å². The second-order valence-corrected chi connectivity index (χ2v) is 4.85. The van der Waals surface area contributed by atoms with Crippen molar-refractivity contribution in [1.29, 1.82) is 0 Å². The first-order chi connectivity index (χ1) is 10.3. The van der Waals surface area contributed by atoms with Gasteiger partial charge in [-0.1, -0.05) is 30.3 Å². The van der Waals surface area contributed by atoms with E-state index in [9.17, 15) is 0 Å². The third-order valence-electron chi connectivity index (χ3n) is 3.33. The van der Waals surface area contributed by atoms with Crippen LogP contribution in [0, 0.1) is 0 Å². The van der Waals surface area contributed by atoms with Crippen LogP contribution in [0.2, 0.25) is 0 Å². The largest absolute Gasteiger partial charge is 0.469 e. The van der Waals surface area contributed by atoms with E-state index in [1.165, 1.54) is 5.56 Å². The Morgan fingerprint density at radius 3 is 2.76 bits per heavy atom. The van der Waals surface area contributed by atoms with Gasteiger partial charge in [0.2, 0.25) is 0 Å². The van der Waals surface area contributed by atoms with Crippen molar-refractivity contribution in [1.82, 2.24) is 9.97 Å². The van der Waals surface area contributed by atoms with E-state index in [2.05, 4.69) is 27.1 Å². The molecule has 2 aromatic heterocycles. The lowest BCUT2D eigenvalue weighted by atomic mass is 10.1. The maximum atomic E-state index is 5.35. The smallest absolute Gasteiger partial charge is 0.151 e. The van der Waals surface area contributed by atoms with Crippen molar-refractivity contribution in [2.75, 3.05) is 7.05 Å². The number of aromatic nitrogens is 2. The Labute approximate surface area is 123 Å². The van der Waals surface area contributed by atoms with E-state index >= 15 is 0 Å². The summed E-state index contributed by atoms with van der Waals surface area (Å²) >= 11 is 0. The van der Waals surface area contributed by atoms with Crippen LogP contribution in [-0.4, -0.2) is 22.7 Å². The van der Waals surface area contributed by atoms with E-state index in [4.69, 9.17) is 4.42 Å². The van der Waals surface area contributed by atoms with Crippen molar-refractivity contribution in [2.24, 2.45) is 4.99 Å². The second-order valence-electron chi connectivity index (χ2n) is 4.85. The first-order valence-electron chi connectivity index (χ1n) is 6.91. The second kappa shape index (κ2) is 6.22. The molecule has 1 N–H and O–H groups in total. The average Bonchev–Trinajstić information content (AvgIpc) is 3.18. The monoisotopic (exact) mass is 279 g/mol. The highest BCUT2D eigenvalue weighted by Gasteiger charge is 2.09. The summed E-state index contributed by atoms with van der Waals surface area (Å²) in [7, 11) is 1.80. The summed E-state index contributed by atoms with van der Waals surface area (Å²) in [6, 6.07) is 14.1. The third-order valence-corrected chi connectivity index (χ3v) is 3.33. The Balaban J connectivity index is 1.74. The van der Waals surface area contributed by atoms with Gasteiger partial charge in [-0.3, -0.25) is 4.99 Å². The first-order valence-corrected chi connectivity index (χ1v) is 6.91. The summed E-state index contributed by atoms with van der Waals surface area (Å²) in [5.41, 5.74) is 3.20. The van der Waals surface area contributed by atoms with E-state index in [0.29, 0.717) is 6.42 Å². The highest BCUT2D eigenvalue weighted by molar-refractivity contribution is 5.98. The molecule has 0 spiro atoms. The van der Waals surface area contributed by atoms with Gasteiger partial charge >= 0.3 is 0 Å². The number of aromatic amines is 1. The Morgan fingerprint density at radius 2 is 2.05 bits per heavy atom. The number of nitrogens with one attached hydrogen (secondary N) is 1. The number of furan rings is 1. The van der Waals surface area contributed by atoms with Gasteiger partial charge in [-0.2, -0.15) is 0 Å². The van der Waals surface area contributed by atoms with Crippen molar-refractivity contribution in [3.63, 3.8) is 0 Å². The van der Waals surface area contributed by atoms with E-state index in [-0.39, 0.29) is 0 Å². The van der Waals surface area contributed by atoms with E-state index in [0.717, 1.165) is 29.4 Å². The van der Waals surface area contributed by atoms with Gasteiger partial charge in [0.05, 0.1) is 12.0 Å². The van der Waals surface area contributed by atoms with Gasteiger partial charge in [0.15, 0.2) is 5.82 Å². The van der Waals surface area contributed by atoms with Gasteiger partial charge in [-0.15, -0.1) is 0 Å². The van der Waals surface area contributed by atoms with Crippen LogP contribution in [0.5, 0.6) is 0 Å². The standard InChI is InChI=1S/C17H17N3O/c1-18-16(10-13-6-3-2-4-7-13)17-19-12-14(20-17)11-15-8-5-9-21-15/h2-9,12H,10-11H2,1H3,(H,19,20). The molecule has 0 aliphatic heterocycles. The molecule has 0 aliphatic carbocycles. The lowest BCUT2D eigenvalue weighted by Gasteiger charge is -2.03. The molecule has 4 nitrogen and oxygen atoms in total. The number of hydrogen-bond acceptors (Lipinski definition) is 3. The normalized spacial score (nSPS) is 11.8. The molecular weight excluding hydrogens is 262 g/mol. The molecule has 1 aromatic carbocycles. The van der Waals surface area contributed by atoms with Crippen LogP contribution < -0.4 is 0 Å². The topological polar surface area (TPSA) is 54.2 Å². The fourth-order valence-corrected chi connectivity index (χ4v) is 2.25. The Hall–Kier alpha value is -2.62. The quantitative estimate of drug-likeness (QED) is 0.729. The Morgan fingerprint density at radius 1 is 1.19 bits per heavy atom. The lowest BCUT2D eigenvalue weighted by molar-refractivity contribution is 0.519. The molecule has 3 rings (SSSR count). The van der Waals surface area contributed by atoms with Crippen LogP contribution in [0.3, 0.4) is 0 Å². The molecule has 0 unspecified atom stereocenters. The maximum Gasteiger partial charge on any atom is 0.151 e. The number of rotatable bonds is 5. The predicted octanol–water partition coefficient (Wildman–Crippen LogP) is 3.26. The molecule has 3 aromatic rings. The number of nitrogens with zero attached hydrogens (tertiary/aromatic N) is 2. The highest BCUT2D eigenvalue weighted by atomic mass is 16.3. The summed E-state index contributed by atoms with van der Waals surface area (Å²) in [6.07, 6.45) is 5.00. The zero-order chi connectivity index (χ0) is 14.5. The molecule has 2 heterocycles. The minimum atomic E-state index is 0.711. The third kappa shape index (κ3) is 3.28. The number of imidazole rings is 1. The van der Waals surface area contributed by atoms with Crippen molar-refractivity contribution in [2.45, 2.75) is 12.8 Å². The predicted molar refractivity (Wildman–Crippen MR) is 82.7 cm³/mol. The zero-order valence-corrected chi connectivity index (χ0v) is 11.9. The molecular formula is C17H17N3O. The fourth-order valence-electron chi connectivity index (χ4n) is 2.25. The van der Waals surface area contributed by atoms with Crippen LogP contribution in [-0.2, 0) is 12.8 Å². The molecule has 21 heavy (non-hydrogen) atoms. The lowest BCUT2D eigenvalue weighted by Crippen LogP contribution is -2.07. The van der Waals surface area contributed by atoms with Crippen molar-refractivity contribution in [3.8, 4) is 0 Å². The van der Waals surface area contributed by atoms with Crippen molar-refractivity contribution >= 4 is 5.71 Å². The van der Waals surface area contributed by atoms with Crippen LogP contribution in [0.15, 0.2) is 64.3 Å². The number of H-pyrrole nitrogens is 1. The molecule has 0 bridgehead atoms. The summed E-state index contributed by atoms with van der Waals surface area (Å²) in [4.78, 5) is 12.1. The molecule has 0 saturated carbocycles. The SMILES string of the molecule is CN=C(Cc1ccccc1)c1ncc(Cc2ccco2)[nH]1. The fraction of sp³-hybridized carbons (Fsp3) is 0.176. The summed E-state index contributed by atoms with van der Waals surface area (Å²) in [5, 5.41) is 0. The maximum absolute atomic E-state index is 5.35. The van der Waals surface area contributed by atoms with E-state index in [1.807, 2.05) is 36.5 Å². The number of aliphatic imine (C=N–C) groups is 1. The van der Waals surface area contributed by atoms with Crippen molar-refractivity contribution < 1.29 is 4.42 Å². The van der Waals surface area contributed by atoms with Gasteiger partial charge in [0, 0.05) is 31.8 Å². The van der Waals surface area contributed by atoms with Crippen LogP contribution >= 0.6 is 0 Å². The molecule has 0 saturated heterocycles. The summed E-state index contributed by atoms with van der Waals surface area (Å²) in [6.45, 7) is 0. The van der Waals surface area contributed by atoms with Crippen LogP contribution in [0.25, 0.3) is 0 Å². The van der Waals surface area contributed by atoms with Gasteiger partial charge < -0.3 is 9.40 Å². The first kappa shape index (κ1) is 13.4. The molecule has 106 valence electrons. The molecule has 0 radical (unpaired) electrons. The summed E-state index contributed by atoms with van der Waals surface area (Å²) < 4.78 is 5.35. The zero-order valence-electron chi connectivity index (χ0n) is 11.9. The van der Waals surface area contributed by atoms with Crippen LogP contribution in [0.4, 0.5) is 0 Å². The van der Waals surface area contributed by atoms with E-state index in [1.54, 1.807) is 13.3 Å². The number of hydrogen-bond donors (Lipinski definition) is 1. The highest BCUT2D eigenvalue weighted by Crippen LogP contribution is 2.10. The van der Waals surface area contributed by atoms with Gasteiger partial charge in [0.25, 0.3) is 0 Å². The minimum Gasteiger partial charge on any atom is -0.469 e. The molecule has 0 fully saturated rings. The van der Waals surface area contributed by atoms with E-state index < -0.39 is 0 Å². The Bertz CT molecular complexity index is 712. The number of benzene rings is 1. The molecule has 0 aliphatic rings. The Kier molecular flexibility index (Phi) is 3.96. The minimum absolute atomic E-state index is 0.711. The van der Waals surface area contributed by atoms with Gasteiger partial charge in [-0.25, -0.2) is 4.98 Å². The van der Waals surface area contributed by atoms with Gasteiger partial charge in [-0.05, 0) is 17.7 Å². The van der Waals surface area contributed by atoms with Crippen LogP contribution in [0.1, 0.15) is 22.8 Å². The molecule has 0 amide bonds.